The first-order valence-electron chi connectivity index (χ1n) is 6.89. The summed E-state index contributed by atoms with van der Waals surface area (Å²) in [5.74, 6) is 2.07. The van der Waals surface area contributed by atoms with Crippen LogP contribution in [0.4, 0.5) is 0 Å². The predicted octanol–water partition coefficient (Wildman–Crippen LogP) is 3.31. The van der Waals surface area contributed by atoms with E-state index in [0.717, 1.165) is 31.1 Å². The van der Waals surface area contributed by atoms with Gasteiger partial charge in [0, 0.05) is 16.9 Å². The summed E-state index contributed by atoms with van der Waals surface area (Å²) in [6.07, 6.45) is 6.19. The van der Waals surface area contributed by atoms with Gasteiger partial charge in [-0.3, -0.25) is 0 Å². The minimum absolute atomic E-state index is 0.682. The number of hydrogen-bond acceptors (Lipinski definition) is 2. The van der Waals surface area contributed by atoms with Crippen molar-refractivity contribution >= 4 is 15.9 Å². The Bertz CT molecular complexity index is 442. The van der Waals surface area contributed by atoms with Crippen molar-refractivity contribution in [3.05, 3.63) is 27.7 Å². The van der Waals surface area contributed by atoms with Gasteiger partial charge in [-0.25, -0.2) is 0 Å². The average molecular weight is 310 g/mol. The van der Waals surface area contributed by atoms with Crippen LogP contribution in [0.3, 0.4) is 0 Å². The fourth-order valence-corrected chi connectivity index (χ4v) is 3.51. The number of nitrogens with one attached hydrogen (secondary N) is 1. The Morgan fingerprint density at radius 1 is 1.44 bits per heavy atom. The number of rotatable bonds is 5. The van der Waals surface area contributed by atoms with Gasteiger partial charge >= 0.3 is 0 Å². The van der Waals surface area contributed by atoms with Crippen LogP contribution >= 0.6 is 15.9 Å². The Balaban J connectivity index is 1.72. The van der Waals surface area contributed by atoms with Crippen molar-refractivity contribution in [3.63, 3.8) is 0 Å². The molecule has 0 bridgehead atoms. The van der Waals surface area contributed by atoms with Gasteiger partial charge in [0.25, 0.3) is 0 Å². The summed E-state index contributed by atoms with van der Waals surface area (Å²) in [4.78, 5) is 0. The summed E-state index contributed by atoms with van der Waals surface area (Å²) in [6, 6.07) is 5.10. The average Bonchev–Trinajstić information content (AvgIpc) is 3.08. The van der Waals surface area contributed by atoms with Crippen molar-refractivity contribution in [2.45, 2.75) is 38.1 Å². The Morgan fingerprint density at radius 3 is 3.00 bits per heavy atom. The molecule has 3 heteroatoms. The number of aryl methyl sites for hydroxylation is 1. The molecule has 1 aromatic carbocycles. The molecule has 1 N–H and O–H groups in total. The Labute approximate surface area is 117 Å². The van der Waals surface area contributed by atoms with Gasteiger partial charge in [-0.2, -0.15) is 0 Å². The summed E-state index contributed by atoms with van der Waals surface area (Å²) in [6.45, 7) is 0.844. The molecule has 1 aliphatic carbocycles. The van der Waals surface area contributed by atoms with Crippen molar-refractivity contribution in [1.82, 2.24) is 5.32 Å². The number of halogens is 1. The second kappa shape index (κ2) is 5.22. The van der Waals surface area contributed by atoms with Crippen LogP contribution < -0.4 is 10.1 Å². The minimum atomic E-state index is 0.682. The van der Waals surface area contributed by atoms with Crippen molar-refractivity contribution < 1.29 is 4.74 Å². The number of benzene rings is 1. The predicted molar refractivity (Wildman–Crippen MR) is 77.2 cm³/mol. The molecule has 0 spiro atoms. The summed E-state index contributed by atoms with van der Waals surface area (Å²) in [5, 5.41) is 3.46. The van der Waals surface area contributed by atoms with Crippen LogP contribution in [0.15, 0.2) is 16.6 Å². The molecule has 0 radical (unpaired) electrons. The molecule has 0 aromatic heterocycles. The molecule has 98 valence electrons. The van der Waals surface area contributed by atoms with E-state index < -0.39 is 0 Å². The van der Waals surface area contributed by atoms with Crippen molar-refractivity contribution in [2.24, 2.45) is 5.92 Å². The van der Waals surface area contributed by atoms with Gasteiger partial charge in [0.05, 0.1) is 6.61 Å². The molecular formula is C15H20BrNO. The Morgan fingerprint density at radius 2 is 2.28 bits per heavy atom. The zero-order chi connectivity index (χ0) is 12.5. The zero-order valence-corrected chi connectivity index (χ0v) is 12.4. The van der Waals surface area contributed by atoms with E-state index >= 15 is 0 Å². The molecule has 1 aromatic rings. The quantitative estimate of drug-likeness (QED) is 0.901. The van der Waals surface area contributed by atoms with E-state index in [9.17, 15) is 0 Å². The first-order valence-corrected chi connectivity index (χ1v) is 7.68. The minimum Gasteiger partial charge on any atom is -0.493 e. The second-order valence-electron chi connectivity index (χ2n) is 5.42. The molecule has 0 amide bonds. The molecule has 1 fully saturated rings. The van der Waals surface area contributed by atoms with E-state index in [1.165, 1.54) is 34.9 Å². The van der Waals surface area contributed by atoms with E-state index in [1.807, 2.05) is 0 Å². The van der Waals surface area contributed by atoms with E-state index in [4.69, 9.17) is 4.74 Å². The lowest BCUT2D eigenvalue weighted by molar-refractivity contribution is 0.352. The van der Waals surface area contributed by atoms with Crippen LogP contribution in [0, 0.1) is 5.92 Å². The van der Waals surface area contributed by atoms with Crippen LogP contribution in [0.2, 0.25) is 0 Å². The monoisotopic (exact) mass is 309 g/mol. The van der Waals surface area contributed by atoms with Gasteiger partial charge < -0.3 is 10.1 Å². The Hall–Kier alpha value is -0.540. The lowest BCUT2D eigenvalue weighted by atomic mass is 9.99. The topological polar surface area (TPSA) is 21.3 Å². The third kappa shape index (κ3) is 2.57. The molecule has 1 saturated carbocycles. The molecule has 3 rings (SSSR count). The summed E-state index contributed by atoms with van der Waals surface area (Å²) in [5.41, 5.74) is 2.74. The molecule has 2 nitrogen and oxygen atoms in total. The van der Waals surface area contributed by atoms with E-state index in [2.05, 4.69) is 40.4 Å². The molecule has 1 atom stereocenters. The van der Waals surface area contributed by atoms with Gasteiger partial charge in [-0.1, -0.05) is 15.9 Å². The highest BCUT2D eigenvalue weighted by Crippen LogP contribution is 2.37. The standard InChI is InChI=1S/C15H20BrNO/c1-17-14(10-2-3-10)5-4-11-8-13(16)9-12-6-7-18-15(11)12/h8-10,14,17H,2-7H2,1H3. The highest BCUT2D eigenvalue weighted by atomic mass is 79.9. The van der Waals surface area contributed by atoms with Crippen LogP contribution in [-0.2, 0) is 12.8 Å². The summed E-state index contributed by atoms with van der Waals surface area (Å²) >= 11 is 3.61. The summed E-state index contributed by atoms with van der Waals surface area (Å²) in [7, 11) is 2.09. The summed E-state index contributed by atoms with van der Waals surface area (Å²) < 4.78 is 6.97. The highest BCUT2D eigenvalue weighted by Gasteiger charge is 2.30. The second-order valence-corrected chi connectivity index (χ2v) is 6.34. The fraction of sp³-hybridized carbons (Fsp3) is 0.600. The molecule has 18 heavy (non-hydrogen) atoms. The van der Waals surface area contributed by atoms with Crippen molar-refractivity contribution in [2.75, 3.05) is 13.7 Å². The highest BCUT2D eigenvalue weighted by molar-refractivity contribution is 9.10. The van der Waals surface area contributed by atoms with Gasteiger partial charge in [-0.15, -0.1) is 0 Å². The molecule has 1 heterocycles. The Kier molecular flexibility index (Phi) is 3.62. The third-order valence-corrected chi connectivity index (χ3v) is 4.57. The maximum absolute atomic E-state index is 5.79. The van der Waals surface area contributed by atoms with Crippen LogP contribution in [0.5, 0.6) is 5.75 Å². The van der Waals surface area contributed by atoms with E-state index in [0.29, 0.717) is 6.04 Å². The lowest BCUT2D eigenvalue weighted by Gasteiger charge is -2.16. The smallest absolute Gasteiger partial charge is 0.125 e. The first kappa shape index (κ1) is 12.5. The fourth-order valence-electron chi connectivity index (χ4n) is 2.96. The zero-order valence-electron chi connectivity index (χ0n) is 10.8. The number of fused-ring (bicyclic) bond motifs is 1. The van der Waals surface area contributed by atoms with Crippen LogP contribution in [0.25, 0.3) is 0 Å². The first-order chi connectivity index (χ1) is 8.78. The number of hydrogen-bond donors (Lipinski definition) is 1. The molecular weight excluding hydrogens is 290 g/mol. The third-order valence-electron chi connectivity index (χ3n) is 4.11. The van der Waals surface area contributed by atoms with Gasteiger partial charge in [0.15, 0.2) is 0 Å². The molecule has 1 unspecified atom stereocenters. The van der Waals surface area contributed by atoms with Gasteiger partial charge in [-0.05, 0) is 61.9 Å². The van der Waals surface area contributed by atoms with E-state index in [-0.39, 0.29) is 0 Å². The largest absolute Gasteiger partial charge is 0.493 e. The van der Waals surface area contributed by atoms with E-state index in [1.54, 1.807) is 0 Å². The lowest BCUT2D eigenvalue weighted by Crippen LogP contribution is -2.27. The normalized spacial score (nSPS) is 19.4. The maximum Gasteiger partial charge on any atom is 0.125 e. The number of ether oxygens (including phenoxy) is 1. The van der Waals surface area contributed by atoms with Crippen molar-refractivity contribution in [1.29, 1.82) is 0 Å². The SMILES string of the molecule is CNC(CCc1cc(Br)cc2c1OCC2)C1CC1. The maximum atomic E-state index is 5.79. The molecule has 1 aliphatic heterocycles. The van der Waals surface area contributed by atoms with Crippen LogP contribution in [0.1, 0.15) is 30.4 Å². The van der Waals surface area contributed by atoms with Gasteiger partial charge in [0.1, 0.15) is 5.75 Å². The molecule has 0 saturated heterocycles. The van der Waals surface area contributed by atoms with Gasteiger partial charge in [0.2, 0.25) is 0 Å². The molecule has 2 aliphatic rings. The van der Waals surface area contributed by atoms with Crippen LogP contribution in [-0.4, -0.2) is 19.7 Å². The van der Waals surface area contributed by atoms with Crippen molar-refractivity contribution in [3.8, 4) is 5.75 Å².